The molecule has 294 valence electrons. The number of fused-ring (bicyclic) bond motifs is 9. The van der Waals surface area contributed by atoms with E-state index in [1.54, 1.807) is 11.3 Å². The van der Waals surface area contributed by atoms with E-state index in [9.17, 15) is 0 Å². The molecule has 0 N–H and O–H groups in total. The van der Waals surface area contributed by atoms with Gasteiger partial charge in [-0.25, -0.2) is 15.0 Å². The van der Waals surface area contributed by atoms with Crippen LogP contribution in [0, 0.1) is 0 Å². The van der Waals surface area contributed by atoms with E-state index in [1.165, 1.54) is 26.6 Å². The molecule has 13 rings (SSSR count). The zero-order valence-corrected chi connectivity index (χ0v) is 34.4. The maximum Gasteiger partial charge on any atom is 0.165 e. The lowest BCUT2D eigenvalue weighted by molar-refractivity contribution is 0.668. The summed E-state index contributed by atoms with van der Waals surface area (Å²) in [6.07, 6.45) is 0. The van der Waals surface area contributed by atoms with Crippen molar-refractivity contribution in [3.05, 3.63) is 200 Å². The van der Waals surface area contributed by atoms with Gasteiger partial charge >= 0.3 is 0 Å². The van der Waals surface area contributed by atoms with E-state index < -0.39 is 0 Å². The molecule has 0 bridgehead atoms. The lowest BCUT2D eigenvalue weighted by Crippen LogP contribution is -2.02. The normalized spacial score (nSPS) is 11.8. The van der Waals surface area contributed by atoms with Crippen LogP contribution in [0.25, 0.3) is 132 Å². The third-order valence-corrected chi connectivity index (χ3v) is 13.4. The van der Waals surface area contributed by atoms with Gasteiger partial charge in [0.05, 0.1) is 0 Å². The summed E-state index contributed by atoms with van der Waals surface area (Å²) in [7, 11) is 0. The molecule has 0 atom stereocenters. The number of hydrogen-bond donors (Lipinski definition) is 0. The van der Waals surface area contributed by atoms with Crippen LogP contribution in [0.1, 0.15) is 0 Å². The van der Waals surface area contributed by atoms with Crippen molar-refractivity contribution in [2.75, 3.05) is 0 Å². The summed E-state index contributed by atoms with van der Waals surface area (Å²) in [5, 5.41) is 6.45. The van der Waals surface area contributed by atoms with E-state index in [0.29, 0.717) is 17.5 Å². The Kier molecular flexibility index (Phi) is 8.01. The van der Waals surface area contributed by atoms with Crippen LogP contribution in [0.4, 0.5) is 0 Å². The van der Waals surface area contributed by atoms with Gasteiger partial charge in [-0.1, -0.05) is 164 Å². The third-order valence-electron chi connectivity index (χ3n) is 12.2. The first-order chi connectivity index (χ1) is 31.2. The van der Waals surface area contributed by atoms with Crippen LogP contribution in [-0.4, -0.2) is 15.0 Å². The molecule has 9 aromatic carbocycles. The highest BCUT2D eigenvalue weighted by Crippen LogP contribution is 2.46. The zero-order chi connectivity index (χ0) is 41.4. The average molecular weight is 824 g/mol. The molecule has 5 nitrogen and oxygen atoms in total. The highest BCUT2D eigenvalue weighted by molar-refractivity contribution is 7.26. The van der Waals surface area contributed by atoms with Gasteiger partial charge in [0.15, 0.2) is 17.5 Å². The van der Waals surface area contributed by atoms with E-state index in [2.05, 4.69) is 170 Å². The SMILES string of the molecule is c1ccc(-c2ccc(-c3ccc(-c4nc(-c5cccc6c5sc5ccccc56)nc(-c5c(-c6cccc7c6oc6ccccc67)ccc6oc7ccccc7c56)n4)cc3)cc2)cc1. The maximum atomic E-state index is 6.67. The van der Waals surface area contributed by atoms with Gasteiger partial charge in [0, 0.05) is 64.0 Å². The molecule has 0 fully saturated rings. The largest absolute Gasteiger partial charge is 0.456 e. The van der Waals surface area contributed by atoms with Crippen molar-refractivity contribution in [1.29, 1.82) is 0 Å². The number of para-hydroxylation sites is 3. The van der Waals surface area contributed by atoms with Crippen LogP contribution in [0.2, 0.25) is 0 Å². The molecule has 0 radical (unpaired) electrons. The van der Waals surface area contributed by atoms with E-state index in [1.807, 2.05) is 30.3 Å². The van der Waals surface area contributed by atoms with Gasteiger partial charge in [-0.05, 0) is 64.2 Å². The number of hydrogen-bond acceptors (Lipinski definition) is 6. The molecule has 4 heterocycles. The van der Waals surface area contributed by atoms with Crippen LogP contribution in [0.3, 0.4) is 0 Å². The molecule has 4 aromatic heterocycles. The predicted octanol–water partition coefficient (Wildman–Crippen LogP) is 16.0. The van der Waals surface area contributed by atoms with Crippen LogP contribution >= 0.6 is 11.3 Å². The molecule has 13 aromatic rings. The van der Waals surface area contributed by atoms with Crippen LogP contribution < -0.4 is 0 Å². The lowest BCUT2D eigenvalue weighted by atomic mass is 9.93. The van der Waals surface area contributed by atoms with Gasteiger partial charge in [-0.2, -0.15) is 0 Å². The monoisotopic (exact) mass is 823 g/mol. The Balaban J connectivity index is 1.05. The summed E-state index contributed by atoms with van der Waals surface area (Å²) in [4.78, 5) is 16.2. The molecule has 0 aliphatic rings. The highest BCUT2D eigenvalue weighted by Gasteiger charge is 2.25. The van der Waals surface area contributed by atoms with Gasteiger partial charge < -0.3 is 8.83 Å². The molecule has 0 spiro atoms. The summed E-state index contributed by atoms with van der Waals surface area (Å²) in [5.41, 5.74) is 12.4. The van der Waals surface area contributed by atoms with E-state index in [4.69, 9.17) is 23.8 Å². The predicted molar refractivity (Wildman–Crippen MR) is 260 cm³/mol. The van der Waals surface area contributed by atoms with Gasteiger partial charge in [0.2, 0.25) is 0 Å². The quantitative estimate of drug-likeness (QED) is 0.167. The fourth-order valence-corrected chi connectivity index (χ4v) is 10.4. The van der Waals surface area contributed by atoms with Crippen molar-refractivity contribution in [3.8, 4) is 67.5 Å². The number of thiophene rings is 1. The van der Waals surface area contributed by atoms with Crippen LogP contribution in [0.15, 0.2) is 209 Å². The topological polar surface area (TPSA) is 65.0 Å². The Bertz CT molecular complexity index is 3900. The average Bonchev–Trinajstić information content (AvgIpc) is 4.06. The van der Waals surface area contributed by atoms with Crippen LogP contribution in [0.5, 0.6) is 0 Å². The summed E-state index contributed by atoms with van der Waals surface area (Å²) in [6.45, 7) is 0. The van der Waals surface area contributed by atoms with Gasteiger partial charge in [0.1, 0.15) is 22.3 Å². The molecule has 0 aliphatic carbocycles. The minimum Gasteiger partial charge on any atom is -0.456 e. The Morgan fingerprint density at radius 1 is 0.317 bits per heavy atom. The van der Waals surface area contributed by atoms with Crippen molar-refractivity contribution in [1.82, 2.24) is 15.0 Å². The minimum atomic E-state index is 0.550. The smallest absolute Gasteiger partial charge is 0.165 e. The van der Waals surface area contributed by atoms with Crippen molar-refractivity contribution < 1.29 is 8.83 Å². The van der Waals surface area contributed by atoms with Crippen molar-refractivity contribution in [2.24, 2.45) is 0 Å². The zero-order valence-electron chi connectivity index (χ0n) is 33.6. The first-order valence-electron chi connectivity index (χ1n) is 21.0. The van der Waals surface area contributed by atoms with Crippen molar-refractivity contribution >= 4 is 75.4 Å². The Morgan fingerprint density at radius 2 is 0.873 bits per heavy atom. The van der Waals surface area contributed by atoms with Gasteiger partial charge in [-0.3, -0.25) is 0 Å². The Morgan fingerprint density at radius 3 is 1.63 bits per heavy atom. The van der Waals surface area contributed by atoms with Gasteiger partial charge in [0.25, 0.3) is 0 Å². The second-order valence-electron chi connectivity index (χ2n) is 15.8. The molecular weight excluding hydrogens is 791 g/mol. The number of furan rings is 2. The fourth-order valence-electron chi connectivity index (χ4n) is 9.19. The summed E-state index contributed by atoms with van der Waals surface area (Å²) < 4.78 is 15.6. The highest BCUT2D eigenvalue weighted by atomic mass is 32.1. The number of rotatable bonds is 6. The molecule has 0 unspecified atom stereocenters. The van der Waals surface area contributed by atoms with Crippen molar-refractivity contribution in [2.45, 2.75) is 0 Å². The van der Waals surface area contributed by atoms with Gasteiger partial charge in [-0.15, -0.1) is 11.3 Å². The first kappa shape index (κ1) is 35.6. The van der Waals surface area contributed by atoms with Crippen LogP contribution in [-0.2, 0) is 0 Å². The number of aromatic nitrogens is 3. The lowest BCUT2D eigenvalue weighted by Gasteiger charge is -2.14. The number of benzene rings is 9. The molecule has 0 saturated carbocycles. The van der Waals surface area contributed by atoms with Crippen molar-refractivity contribution in [3.63, 3.8) is 0 Å². The second kappa shape index (κ2) is 14.2. The molecular formula is C57H33N3O2S. The maximum absolute atomic E-state index is 6.67. The summed E-state index contributed by atoms with van der Waals surface area (Å²) in [6, 6.07) is 69.7. The summed E-state index contributed by atoms with van der Waals surface area (Å²) >= 11 is 1.77. The molecule has 0 saturated heterocycles. The van der Waals surface area contributed by atoms with E-state index in [-0.39, 0.29) is 0 Å². The molecule has 0 aliphatic heterocycles. The minimum absolute atomic E-state index is 0.550. The third kappa shape index (κ3) is 5.80. The molecule has 6 heteroatoms. The standard InChI is InChI=1S/C57H33N3O2S/c1-2-12-34(13-3-1)35-24-26-36(27-25-35)37-28-30-38(31-29-37)55-58-56(46-20-11-19-44-40-15-6-9-23-50(40)63-54(44)46)60-57(59-55)52-41(32-33-49-51(52)45-16-5-8-22-48(45)61-49)43-18-10-17-42-39-14-4-7-21-47(39)62-53(42)43/h1-33H. The fraction of sp³-hybridized carbons (Fsp3) is 0. The van der Waals surface area contributed by atoms with E-state index in [0.717, 1.165) is 87.5 Å². The van der Waals surface area contributed by atoms with E-state index >= 15 is 0 Å². The first-order valence-corrected chi connectivity index (χ1v) is 21.8. The second-order valence-corrected chi connectivity index (χ2v) is 16.9. The summed E-state index contributed by atoms with van der Waals surface area (Å²) in [5.74, 6) is 1.73. The Hall–Kier alpha value is -8.19. The Labute approximate surface area is 365 Å². The number of nitrogens with zero attached hydrogens (tertiary/aromatic N) is 3. The molecule has 0 amide bonds. The molecule has 63 heavy (non-hydrogen) atoms.